The summed E-state index contributed by atoms with van der Waals surface area (Å²) in [6.07, 6.45) is 8.91. The molecule has 80 valence electrons. The quantitative estimate of drug-likeness (QED) is 0.581. The molecule has 0 aromatic carbocycles. The second kappa shape index (κ2) is 5.72. The topological polar surface area (TPSA) is 0 Å². The molecular weight excluding hydrogens is 200 g/mol. The van der Waals surface area contributed by atoms with Crippen molar-refractivity contribution in [2.24, 2.45) is 0 Å². The highest BCUT2D eigenvalue weighted by Gasteiger charge is 2.29. The Morgan fingerprint density at radius 2 is 1.60 bits per heavy atom. The van der Waals surface area contributed by atoms with Gasteiger partial charge in [-0.15, -0.1) is 31.1 Å². The Bertz CT molecular complexity index is 293. The summed E-state index contributed by atoms with van der Waals surface area (Å²) in [7, 11) is 0. The van der Waals surface area contributed by atoms with Gasteiger partial charge in [0.1, 0.15) is 0 Å². The van der Waals surface area contributed by atoms with Gasteiger partial charge in [0.15, 0.2) is 0 Å². The molecule has 0 nitrogen and oxygen atoms in total. The third kappa shape index (κ3) is 2.69. The van der Waals surface area contributed by atoms with E-state index in [-0.39, 0.29) is 5.41 Å². The summed E-state index contributed by atoms with van der Waals surface area (Å²) in [5.41, 5.74) is 0.138. The summed E-state index contributed by atoms with van der Waals surface area (Å²) in [6, 6.07) is 4.30. The van der Waals surface area contributed by atoms with E-state index in [4.69, 9.17) is 0 Å². The van der Waals surface area contributed by atoms with Gasteiger partial charge in [0, 0.05) is 10.3 Å². The molecule has 0 amide bonds. The Morgan fingerprint density at radius 1 is 1.07 bits per heavy atom. The van der Waals surface area contributed by atoms with Crippen LogP contribution < -0.4 is 0 Å². The maximum Gasteiger partial charge on any atom is 0.0150 e. The van der Waals surface area contributed by atoms with E-state index in [9.17, 15) is 0 Å². The van der Waals surface area contributed by atoms with Crippen molar-refractivity contribution in [3.63, 3.8) is 0 Å². The molecule has 0 saturated heterocycles. The SMILES string of the molecule is C=CCC(CC=C)(CC=C)c1cccs1. The molecule has 0 fully saturated rings. The van der Waals surface area contributed by atoms with E-state index in [1.165, 1.54) is 4.88 Å². The van der Waals surface area contributed by atoms with Gasteiger partial charge in [-0.25, -0.2) is 0 Å². The maximum absolute atomic E-state index is 3.86. The first-order valence-corrected chi connectivity index (χ1v) is 6.03. The molecule has 0 bridgehead atoms. The lowest BCUT2D eigenvalue weighted by atomic mass is 9.77. The number of allylic oxidation sites excluding steroid dienone is 3. The summed E-state index contributed by atoms with van der Waals surface area (Å²) in [5.74, 6) is 0. The summed E-state index contributed by atoms with van der Waals surface area (Å²) < 4.78 is 0. The number of thiophene rings is 1. The molecule has 0 unspecified atom stereocenters. The molecule has 1 aromatic heterocycles. The van der Waals surface area contributed by atoms with Gasteiger partial charge in [-0.2, -0.15) is 0 Å². The molecule has 1 aromatic rings. The Balaban J connectivity index is 3.05. The van der Waals surface area contributed by atoms with Crippen LogP contribution in [0, 0.1) is 0 Å². The van der Waals surface area contributed by atoms with E-state index in [1.54, 1.807) is 11.3 Å². The smallest absolute Gasteiger partial charge is 0.0150 e. The molecule has 1 heteroatoms. The van der Waals surface area contributed by atoms with Crippen LogP contribution in [0.2, 0.25) is 0 Å². The molecule has 0 aliphatic rings. The van der Waals surface area contributed by atoms with Crippen LogP contribution in [0.15, 0.2) is 55.5 Å². The fraction of sp³-hybridized carbons (Fsp3) is 0.286. The highest BCUT2D eigenvalue weighted by molar-refractivity contribution is 7.10. The summed E-state index contributed by atoms with van der Waals surface area (Å²) in [4.78, 5) is 1.40. The van der Waals surface area contributed by atoms with Crippen molar-refractivity contribution in [1.82, 2.24) is 0 Å². The van der Waals surface area contributed by atoms with E-state index in [2.05, 4.69) is 37.2 Å². The normalized spacial score (nSPS) is 10.9. The van der Waals surface area contributed by atoms with Crippen molar-refractivity contribution >= 4 is 11.3 Å². The molecule has 0 aliphatic carbocycles. The minimum Gasteiger partial charge on any atom is -0.148 e. The van der Waals surface area contributed by atoms with Crippen LogP contribution in [0.1, 0.15) is 24.1 Å². The van der Waals surface area contributed by atoms with Crippen LogP contribution >= 0.6 is 11.3 Å². The first-order valence-electron chi connectivity index (χ1n) is 5.16. The van der Waals surface area contributed by atoms with E-state index in [0.717, 1.165) is 19.3 Å². The highest BCUT2D eigenvalue weighted by atomic mass is 32.1. The number of hydrogen-bond acceptors (Lipinski definition) is 1. The van der Waals surface area contributed by atoms with Crippen molar-refractivity contribution in [2.75, 3.05) is 0 Å². The van der Waals surface area contributed by atoms with Crippen molar-refractivity contribution in [2.45, 2.75) is 24.7 Å². The van der Waals surface area contributed by atoms with E-state index >= 15 is 0 Å². The largest absolute Gasteiger partial charge is 0.148 e. The van der Waals surface area contributed by atoms with Gasteiger partial charge < -0.3 is 0 Å². The van der Waals surface area contributed by atoms with Crippen LogP contribution in [0.3, 0.4) is 0 Å². The molecule has 15 heavy (non-hydrogen) atoms. The van der Waals surface area contributed by atoms with Crippen LogP contribution in [0.5, 0.6) is 0 Å². The lowest BCUT2D eigenvalue weighted by molar-refractivity contribution is 0.451. The maximum atomic E-state index is 3.86. The fourth-order valence-corrected chi connectivity index (χ4v) is 2.92. The minimum atomic E-state index is 0.138. The Hall–Kier alpha value is -1.08. The van der Waals surface area contributed by atoms with Gasteiger partial charge in [-0.3, -0.25) is 0 Å². The molecule has 0 radical (unpaired) electrons. The third-order valence-corrected chi connectivity index (χ3v) is 3.77. The first kappa shape index (κ1) is 12.0. The van der Waals surface area contributed by atoms with Gasteiger partial charge in [0.05, 0.1) is 0 Å². The predicted octanol–water partition coefficient (Wildman–Crippen LogP) is 4.71. The number of hydrogen-bond donors (Lipinski definition) is 0. The van der Waals surface area contributed by atoms with Gasteiger partial charge in [-0.05, 0) is 30.7 Å². The Kier molecular flexibility index (Phi) is 4.57. The van der Waals surface area contributed by atoms with Crippen LogP contribution in [-0.4, -0.2) is 0 Å². The van der Waals surface area contributed by atoms with Crippen molar-refractivity contribution in [1.29, 1.82) is 0 Å². The van der Waals surface area contributed by atoms with Gasteiger partial charge in [0.25, 0.3) is 0 Å². The lowest BCUT2D eigenvalue weighted by Crippen LogP contribution is -2.22. The lowest BCUT2D eigenvalue weighted by Gasteiger charge is -2.29. The Morgan fingerprint density at radius 3 is 1.93 bits per heavy atom. The predicted molar refractivity (Wildman–Crippen MR) is 70.4 cm³/mol. The first-order chi connectivity index (χ1) is 7.29. The molecule has 0 saturated carbocycles. The van der Waals surface area contributed by atoms with E-state index < -0.39 is 0 Å². The zero-order chi connectivity index (χ0) is 11.1. The van der Waals surface area contributed by atoms with Crippen molar-refractivity contribution in [3.05, 3.63) is 60.4 Å². The van der Waals surface area contributed by atoms with Gasteiger partial charge in [0.2, 0.25) is 0 Å². The third-order valence-electron chi connectivity index (χ3n) is 2.65. The monoisotopic (exact) mass is 218 g/mol. The van der Waals surface area contributed by atoms with Crippen LogP contribution in [0.4, 0.5) is 0 Å². The van der Waals surface area contributed by atoms with Crippen LogP contribution in [0.25, 0.3) is 0 Å². The molecule has 1 heterocycles. The average Bonchev–Trinajstić information content (AvgIpc) is 2.72. The molecule has 0 atom stereocenters. The molecular formula is C14H18S. The second-order valence-corrected chi connectivity index (χ2v) is 4.68. The van der Waals surface area contributed by atoms with Gasteiger partial charge >= 0.3 is 0 Å². The standard InChI is InChI=1S/C14H18S/c1-4-9-14(10-5-2,11-6-3)13-8-7-12-15-13/h4-8,12H,1-3,9-11H2. The fourth-order valence-electron chi connectivity index (χ4n) is 1.96. The zero-order valence-electron chi connectivity index (χ0n) is 9.11. The summed E-state index contributed by atoms with van der Waals surface area (Å²) >= 11 is 1.81. The second-order valence-electron chi connectivity index (χ2n) is 3.74. The highest BCUT2D eigenvalue weighted by Crippen LogP contribution is 2.39. The zero-order valence-corrected chi connectivity index (χ0v) is 9.93. The van der Waals surface area contributed by atoms with Crippen molar-refractivity contribution in [3.8, 4) is 0 Å². The van der Waals surface area contributed by atoms with Crippen molar-refractivity contribution < 1.29 is 0 Å². The molecule has 1 rings (SSSR count). The van der Waals surface area contributed by atoms with Crippen LogP contribution in [-0.2, 0) is 5.41 Å². The van der Waals surface area contributed by atoms with Gasteiger partial charge in [-0.1, -0.05) is 24.3 Å². The summed E-state index contributed by atoms with van der Waals surface area (Å²) in [5, 5.41) is 2.12. The summed E-state index contributed by atoms with van der Waals surface area (Å²) in [6.45, 7) is 11.6. The Labute approximate surface area is 96.7 Å². The molecule has 0 N–H and O–H groups in total. The van der Waals surface area contributed by atoms with E-state index in [0.29, 0.717) is 0 Å². The molecule has 0 spiro atoms. The minimum absolute atomic E-state index is 0.138. The average molecular weight is 218 g/mol. The molecule has 0 aliphatic heterocycles. The number of rotatable bonds is 7. The van der Waals surface area contributed by atoms with E-state index in [1.807, 2.05) is 18.2 Å².